The summed E-state index contributed by atoms with van der Waals surface area (Å²) in [6.07, 6.45) is 0. The van der Waals surface area contributed by atoms with Crippen LogP contribution in [-0.4, -0.2) is 20.5 Å². The maximum absolute atomic E-state index is 12.8. The number of nitrogens with zero attached hydrogens (tertiary/aromatic N) is 1. The number of ether oxygens (including phenoxy) is 1. The Labute approximate surface area is 164 Å². The highest BCUT2D eigenvalue weighted by molar-refractivity contribution is 7.93. The van der Waals surface area contributed by atoms with Gasteiger partial charge in [-0.25, -0.2) is 13.4 Å². The number of anilines is 1. The van der Waals surface area contributed by atoms with Gasteiger partial charge in [-0.2, -0.15) is 0 Å². The van der Waals surface area contributed by atoms with Crippen LogP contribution in [0, 0.1) is 27.7 Å². The fraction of sp³-hybridized carbons (Fsp3) is 0.250. The number of methoxy groups -OCH3 is 1. The number of aryl methyl sites for hydroxylation is 4. The second-order valence-electron chi connectivity index (χ2n) is 6.48. The van der Waals surface area contributed by atoms with Crippen molar-refractivity contribution in [3.05, 3.63) is 58.0 Å². The number of hydrogen-bond acceptors (Lipinski definition) is 5. The molecular weight excluding hydrogens is 380 g/mol. The third-order valence-electron chi connectivity index (χ3n) is 4.31. The maximum atomic E-state index is 12.8. The molecule has 0 unspecified atom stereocenters. The summed E-state index contributed by atoms with van der Waals surface area (Å²) in [5, 5.41) is 0.357. The summed E-state index contributed by atoms with van der Waals surface area (Å²) in [7, 11) is -2.05. The number of thiazole rings is 1. The average Bonchev–Trinajstić information content (AvgIpc) is 2.93. The van der Waals surface area contributed by atoms with Crippen molar-refractivity contribution in [3.8, 4) is 17.0 Å². The molecule has 0 aliphatic carbocycles. The quantitative estimate of drug-likeness (QED) is 0.662. The highest BCUT2D eigenvalue weighted by Crippen LogP contribution is 2.33. The predicted molar refractivity (Wildman–Crippen MR) is 110 cm³/mol. The molecule has 0 amide bonds. The molecule has 0 bridgehead atoms. The van der Waals surface area contributed by atoms with Crippen molar-refractivity contribution >= 4 is 26.5 Å². The Morgan fingerprint density at radius 2 is 1.74 bits per heavy atom. The Balaban J connectivity index is 1.93. The Kier molecular flexibility index (Phi) is 5.26. The van der Waals surface area contributed by atoms with E-state index in [4.69, 9.17) is 4.74 Å². The van der Waals surface area contributed by atoms with Crippen LogP contribution in [-0.2, 0) is 10.0 Å². The van der Waals surface area contributed by atoms with Crippen molar-refractivity contribution in [2.75, 3.05) is 11.8 Å². The van der Waals surface area contributed by atoms with Crippen LogP contribution < -0.4 is 9.46 Å². The molecule has 0 saturated carbocycles. The van der Waals surface area contributed by atoms with Crippen LogP contribution in [0.2, 0.25) is 0 Å². The molecule has 27 heavy (non-hydrogen) atoms. The van der Waals surface area contributed by atoms with Gasteiger partial charge < -0.3 is 4.74 Å². The van der Waals surface area contributed by atoms with Crippen LogP contribution in [0.15, 0.2) is 41.3 Å². The van der Waals surface area contributed by atoms with E-state index in [9.17, 15) is 8.42 Å². The Bertz CT molecular complexity index is 1100. The van der Waals surface area contributed by atoms with Crippen LogP contribution in [0.25, 0.3) is 11.3 Å². The molecule has 1 aromatic heterocycles. The van der Waals surface area contributed by atoms with Gasteiger partial charge in [-0.15, -0.1) is 11.3 Å². The number of nitrogens with one attached hydrogen (secondary N) is 1. The number of hydrogen-bond donors (Lipinski definition) is 1. The standard InChI is InChI=1S/C20H22N2O3S2/c1-12-6-9-18(14(3)10-12)27(23,24)22-20-21-19(15(4)26-20)16-7-8-17(25-5)13(2)11-16/h6-11H,1-5H3,(H,21,22). The summed E-state index contributed by atoms with van der Waals surface area (Å²) in [6, 6.07) is 11.1. The minimum atomic E-state index is -3.69. The normalized spacial score (nSPS) is 11.4. The lowest BCUT2D eigenvalue weighted by molar-refractivity contribution is 0.412. The summed E-state index contributed by atoms with van der Waals surface area (Å²) in [6.45, 7) is 7.62. The van der Waals surface area contributed by atoms with E-state index in [1.165, 1.54) is 11.3 Å². The number of rotatable bonds is 5. The molecule has 5 nitrogen and oxygen atoms in total. The molecule has 0 fully saturated rings. The molecule has 2 aromatic carbocycles. The van der Waals surface area contributed by atoms with Gasteiger partial charge in [0.2, 0.25) is 0 Å². The lowest BCUT2D eigenvalue weighted by Crippen LogP contribution is -2.14. The van der Waals surface area contributed by atoms with E-state index in [0.717, 1.165) is 33.0 Å². The van der Waals surface area contributed by atoms with Crippen molar-refractivity contribution < 1.29 is 13.2 Å². The highest BCUT2D eigenvalue weighted by Gasteiger charge is 2.20. The lowest BCUT2D eigenvalue weighted by atomic mass is 10.1. The van der Waals surface area contributed by atoms with Crippen LogP contribution in [0.3, 0.4) is 0 Å². The van der Waals surface area contributed by atoms with Gasteiger partial charge in [0.15, 0.2) is 5.13 Å². The van der Waals surface area contributed by atoms with Gasteiger partial charge in [0.05, 0.1) is 17.7 Å². The predicted octanol–water partition coefficient (Wildman–Crippen LogP) is 4.85. The van der Waals surface area contributed by atoms with Crippen molar-refractivity contribution in [1.82, 2.24) is 4.98 Å². The second-order valence-corrected chi connectivity index (χ2v) is 9.34. The minimum Gasteiger partial charge on any atom is -0.496 e. The van der Waals surface area contributed by atoms with Crippen LogP contribution in [0.5, 0.6) is 5.75 Å². The average molecular weight is 403 g/mol. The van der Waals surface area contributed by atoms with Crippen LogP contribution in [0.4, 0.5) is 5.13 Å². The molecule has 0 radical (unpaired) electrons. The van der Waals surface area contributed by atoms with Gasteiger partial charge in [0.25, 0.3) is 10.0 Å². The Hall–Kier alpha value is -2.38. The van der Waals surface area contributed by atoms with E-state index in [2.05, 4.69) is 9.71 Å². The Morgan fingerprint density at radius 3 is 2.37 bits per heavy atom. The van der Waals surface area contributed by atoms with Gasteiger partial charge in [-0.1, -0.05) is 17.7 Å². The topological polar surface area (TPSA) is 68.3 Å². The zero-order valence-corrected chi connectivity index (χ0v) is 17.6. The summed E-state index contributed by atoms with van der Waals surface area (Å²) >= 11 is 1.32. The number of aromatic nitrogens is 1. The molecule has 3 aromatic rings. The molecule has 7 heteroatoms. The van der Waals surface area contributed by atoms with Gasteiger partial charge in [-0.3, -0.25) is 4.72 Å². The zero-order chi connectivity index (χ0) is 19.8. The van der Waals surface area contributed by atoms with Gasteiger partial charge >= 0.3 is 0 Å². The van der Waals surface area contributed by atoms with Crippen molar-refractivity contribution in [2.45, 2.75) is 32.6 Å². The van der Waals surface area contributed by atoms with Gasteiger partial charge in [0, 0.05) is 10.4 Å². The lowest BCUT2D eigenvalue weighted by Gasteiger charge is -2.09. The molecule has 0 aliphatic heterocycles. The molecule has 3 rings (SSSR count). The van der Waals surface area contributed by atoms with Crippen LogP contribution in [0.1, 0.15) is 21.6 Å². The largest absolute Gasteiger partial charge is 0.496 e. The highest BCUT2D eigenvalue weighted by atomic mass is 32.2. The first-order valence-corrected chi connectivity index (χ1v) is 10.7. The first-order chi connectivity index (χ1) is 12.7. The van der Waals surface area contributed by atoms with E-state index < -0.39 is 10.0 Å². The first kappa shape index (κ1) is 19.4. The smallest absolute Gasteiger partial charge is 0.263 e. The van der Waals surface area contributed by atoms with Crippen molar-refractivity contribution in [1.29, 1.82) is 0 Å². The molecular formula is C20H22N2O3S2. The van der Waals surface area contributed by atoms with Crippen LogP contribution >= 0.6 is 11.3 Å². The number of sulfonamides is 1. The van der Waals surface area contributed by atoms with Crippen molar-refractivity contribution in [3.63, 3.8) is 0 Å². The first-order valence-electron chi connectivity index (χ1n) is 8.44. The van der Waals surface area contributed by atoms with E-state index in [-0.39, 0.29) is 4.90 Å². The molecule has 0 saturated heterocycles. The summed E-state index contributed by atoms with van der Waals surface area (Å²) < 4.78 is 33.4. The number of benzene rings is 2. The second kappa shape index (κ2) is 7.32. The molecule has 1 N–H and O–H groups in total. The van der Waals surface area contributed by atoms with E-state index in [1.54, 1.807) is 26.2 Å². The third kappa shape index (κ3) is 3.99. The van der Waals surface area contributed by atoms with Gasteiger partial charge in [-0.05, 0) is 63.1 Å². The fourth-order valence-electron chi connectivity index (χ4n) is 3.00. The minimum absolute atomic E-state index is 0.266. The molecule has 142 valence electrons. The fourth-order valence-corrected chi connectivity index (χ4v) is 5.30. The summed E-state index contributed by atoms with van der Waals surface area (Å²) in [5.41, 5.74) is 4.43. The SMILES string of the molecule is COc1ccc(-c2nc(NS(=O)(=O)c3ccc(C)cc3C)sc2C)cc1C. The summed E-state index contributed by atoms with van der Waals surface area (Å²) in [5.74, 6) is 0.808. The van der Waals surface area contributed by atoms with E-state index >= 15 is 0 Å². The molecule has 0 atom stereocenters. The van der Waals surface area contributed by atoms with E-state index in [0.29, 0.717) is 10.7 Å². The molecule has 1 heterocycles. The molecule has 0 aliphatic rings. The van der Waals surface area contributed by atoms with E-state index in [1.807, 2.05) is 45.0 Å². The zero-order valence-electron chi connectivity index (χ0n) is 16.0. The Morgan fingerprint density at radius 1 is 1.00 bits per heavy atom. The monoisotopic (exact) mass is 402 g/mol. The maximum Gasteiger partial charge on any atom is 0.263 e. The summed E-state index contributed by atoms with van der Waals surface area (Å²) in [4.78, 5) is 5.73. The van der Waals surface area contributed by atoms with Crippen molar-refractivity contribution in [2.24, 2.45) is 0 Å². The third-order valence-corrected chi connectivity index (χ3v) is 6.82. The molecule has 0 spiro atoms. The van der Waals surface area contributed by atoms with Gasteiger partial charge in [0.1, 0.15) is 5.75 Å².